The summed E-state index contributed by atoms with van der Waals surface area (Å²) in [7, 11) is 0. The average Bonchev–Trinajstić information content (AvgIpc) is 2.65. The molecule has 0 saturated carbocycles. The summed E-state index contributed by atoms with van der Waals surface area (Å²) in [5.74, 6) is -1.39. The fourth-order valence-electron chi connectivity index (χ4n) is 1.35. The van der Waals surface area contributed by atoms with E-state index >= 15 is 0 Å². The predicted molar refractivity (Wildman–Crippen MR) is 61.6 cm³/mol. The lowest BCUT2D eigenvalue weighted by Crippen LogP contribution is -2.05. The second-order valence-electron chi connectivity index (χ2n) is 3.59. The quantitative estimate of drug-likeness (QED) is 0.926. The Morgan fingerprint density at radius 3 is 2.65 bits per heavy atom. The Morgan fingerprint density at radius 2 is 2.12 bits per heavy atom. The number of hydrogen-bond donors (Lipinski definition) is 1. The van der Waals surface area contributed by atoms with Crippen LogP contribution in [0.15, 0.2) is 22.8 Å². The minimum absolute atomic E-state index is 0.103. The van der Waals surface area contributed by atoms with E-state index in [4.69, 9.17) is 5.73 Å². The number of benzene rings is 1. The highest BCUT2D eigenvalue weighted by Crippen LogP contribution is 2.25. The highest BCUT2D eigenvalue weighted by molar-refractivity contribution is 9.10. The molecule has 17 heavy (non-hydrogen) atoms. The highest BCUT2D eigenvalue weighted by atomic mass is 79.9. The van der Waals surface area contributed by atoms with Crippen LogP contribution in [0.1, 0.15) is 18.7 Å². The van der Waals surface area contributed by atoms with Crippen LogP contribution in [0, 0.1) is 11.6 Å². The first-order valence-electron chi connectivity index (χ1n) is 4.82. The smallest absolute Gasteiger partial charge is 0.152 e. The molecule has 2 N–H and O–H groups in total. The first kappa shape index (κ1) is 12.1. The number of nitrogens with zero attached hydrogens (tertiary/aromatic N) is 3. The van der Waals surface area contributed by atoms with Gasteiger partial charge in [0.25, 0.3) is 0 Å². The minimum atomic E-state index is -0.724. The molecule has 0 amide bonds. The molecule has 0 aliphatic carbocycles. The summed E-state index contributed by atoms with van der Waals surface area (Å²) in [5, 5.41) is 7.56. The van der Waals surface area contributed by atoms with E-state index in [-0.39, 0.29) is 16.2 Å². The number of halogens is 3. The Balaban J connectivity index is 2.52. The Hall–Kier alpha value is -1.34. The third-order valence-corrected chi connectivity index (χ3v) is 2.79. The Labute approximate surface area is 105 Å². The van der Waals surface area contributed by atoms with Crippen molar-refractivity contribution in [3.05, 3.63) is 40.1 Å². The van der Waals surface area contributed by atoms with Crippen LogP contribution in [0.3, 0.4) is 0 Å². The molecule has 1 aromatic carbocycles. The minimum Gasteiger partial charge on any atom is -0.323 e. The molecule has 4 nitrogen and oxygen atoms in total. The van der Waals surface area contributed by atoms with E-state index in [0.717, 1.165) is 12.1 Å². The van der Waals surface area contributed by atoms with Gasteiger partial charge in [0.1, 0.15) is 11.5 Å². The summed E-state index contributed by atoms with van der Waals surface area (Å²) in [6, 6.07) is 1.64. The van der Waals surface area contributed by atoms with Gasteiger partial charge in [-0.05, 0) is 28.9 Å². The fourth-order valence-corrected chi connectivity index (χ4v) is 1.94. The van der Waals surface area contributed by atoms with Crippen molar-refractivity contribution in [2.24, 2.45) is 5.73 Å². The zero-order chi connectivity index (χ0) is 12.6. The molecule has 90 valence electrons. The molecule has 2 aromatic rings. The molecule has 0 radical (unpaired) electrons. The molecule has 0 aliphatic rings. The van der Waals surface area contributed by atoms with E-state index in [1.807, 2.05) is 0 Å². The fraction of sp³-hybridized carbons (Fsp3) is 0.200. The maximum atomic E-state index is 13.6. The summed E-state index contributed by atoms with van der Waals surface area (Å²) >= 11 is 3.08. The number of nitrogens with two attached hydrogens (primary N) is 1. The van der Waals surface area contributed by atoms with Crippen LogP contribution in [-0.2, 0) is 0 Å². The standard InChI is InChI=1S/C10H9BrF2N4/c1-5(14)9-4-17(16-15-9)10-7(11)2-6(12)3-8(10)13/h2-5H,14H2,1H3. The molecule has 7 heteroatoms. The van der Waals surface area contributed by atoms with Crippen molar-refractivity contribution in [3.63, 3.8) is 0 Å². The van der Waals surface area contributed by atoms with E-state index < -0.39 is 11.6 Å². The largest absolute Gasteiger partial charge is 0.323 e. The molecule has 0 aliphatic heterocycles. The molecule has 1 atom stereocenters. The monoisotopic (exact) mass is 302 g/mol. The van der Waals surface area contributed by atoms with Crippen LogP contribution in [0.25, 0.3) is 5.69 Å². The van der Waals surface area contributed by atoms with Crippen molar-refractivity contribution in [2.75, 3.05) is 0 Å². The zero-order valence-corrected chi connectivity index (χ0v) is 10.4. The van der Waals surface area contributed by atoms with Gasteiger partial charge in [0.15, 0.2) is 5.82 Å². The summed E-state index contributed by atoms with van der Waals surface area (Å²) < 4.78 is 28.0. The summed E-state index contributed by atoms with van der Waals surface area (Å²) in [4.78, 5) is 0. The van der Waals surface area contributed by atoms with Crippen molar-refractivity contribution in [3.8, 4) is 5.69 Å². The second-order valence-corrected chi connectivity index (χ2v) is 4.45. The van der Waals surface area contributed by atoms with Crippen LogP contribution in [0.5, 0.6) is 0 Å². The lowest BCUT2D eigenvalue weighted by atomic mass is 10.2. The van der Waals surface area contributed by atoms with Gasteiger partial charge in [-0.1, -0.05) is 5.21 Å². The highest BCUT2D eigenvalue weighted by Gasteiger charge is 2.14. The topological polar surface area (TPSA) is 56.7 Å². The van der Waals surface area contributed by atoms with Gasteiger partial charge in [0.2, 0.25) is 0 Å². The van der Waals surface area contributed by atoms with E-state index in [0.29, 0.717) is 5.69 Å². The number of hydrogen-bond acceptors (Lipinski definition) is 3. The molecule has 1 heterocycles. The summed E-state index contributed by atoms with van der Waals surface area (Å²) in [5.41, 5.74) is 6.25. The van der Waals surface area contributed by atoms with E-state index in [9.17, 15) is 8.78 Å². The van der Waals surface area contributed by atoms with E-state index in [1.165, 1.54) is 10.9 Å². The Kier molecular flexibility index (Phi) is 3.21. The van der Waals surface area contributed by atoms with Crippen LogP contribution >= 0.6 is 15.9 Å². The zero-order valence-electron chi connectivity index (χ0n) is 8.86. The first-order chi connectivity index (χ1) is 7.99. The van der Waals surface area contributed by atoms with Gasteiger partial charge >= 0.3 is 0 Å². The Bertz CT molecular complexity index is 530. The van der Waals surface area contributed by atoms with Crippen LogP contribution in [-0.4, -0.2) is 15.0 Å². The van der Waals surface area contributed by atoms with Crippen LogP contribution in [0.2, 0.25) is 0 Å². The lowest BCUT2D eigenvalue weighted by molar-refractivity contribution is 0.570. The molecule has 2 rings (SSSR count). The molecular weight excluding hydrogens is 294 g/mol. The van der Waals surface area contributed by atoms with Gasteiger partial charge in [-0.2, -0.15) is 0 Å². The SMILES string of the molecule is CC(N)c1cn(-c2c(F)cc(F)cc2Br)nn1. The summed E-state index contributed by atoms with van der Waals surface area (Å²) in [6.45, 7) is 1.74. The molecule has 0 bridgehead atoms. The van der Waals surface area contributed by atoms with E-state index in [1.54, 1.807) is 6.92 Å². The van der Waals surface area contributed by atoms with Crippen LogP contribution in [0.4, 0.5) is 8.78 Å². The Morgan fingerprint density at radius 1 is 1.41 bits per heavy atom. The third kappa shape index (κ3) is 2.34. The van der Waals surface area contributed by atoms with Crippen molar-refractivity contribution in [1.29, 1.82) is 0 Å². The van der Waals surface area contributed by atoms with E-state index in [2.05, 4.69) is 26.2 Å². The molecular formula is C10H9BrF2N4. The van der Waals surface area contributed by atoms with Crippen molar-refractivity contribution in [1.82, 2.24) is 15.0 Å². The lowest BCUT2D eigenvalue weighted by Gasteiger charge is -2.05. The average molecular weight is 303 g/mol. The van der Waals surface area contributed by atoms with Crippen LogP contribution < -0.4 is 5.73 Å². The molecule has 0 spiro atoms. The maximum absolute atomic E-state index is 13.6. The van der Waals surface area contributed by atoms with Crippen molar-refractivity contribution >= 4 is 15.9 Å². The number of aromatic nitrogens is 3. The molecule has 1 unspecified atom stereocenters. The second kappa shape index (κ2) is 4.50. The maximum Gasteiger partial charge on any atom is 0.152 e. The van der Waals surface area contributed by atoms with Crippen molar-refractivity contribution < 1.29 is 8.78 Å². The van der Waals surface area contributed by atoms with Gasteiger partial charge in [-0.25, -0.2) is 13.5 Å². The van der Waals surface area contributed by atoms with Gasteiger partial charge in [-0.3, -0.25) is 0 Å². The van der Waals surface area contributed by atoms with Gasteiger partial charge < -0.3 is 5.73 Å². The molecule has 1 aromatic heterocycles. The predicted octanol–water partition coefficient (Wildman–Crippen LogP) is 2.33. The van der Waals surface area contributed by atoms with Gasteiger partial charge in [-0.15, -0.1) is 5.10 Å². The first-order valence-corrected chi connectivity index (χ1v) is 5.61. The molecule has 0 saturated heterocycles. The summed E-state index contributed by atoms with van der Waals surface area (Å²) in [6.07, 6.45) is 1.51. The van der Waals surface area contributed by atoms with Gasteiger partial charge in [0.05, 0.1) is 11.9 Å². The van der Waals surface area contributed by atoms with Crippen molar-refractivity contribution in [2.45, 2.75) is 13.0 Å². The normalized spacial score (nSPS) is 12.8. The van der Waals surface area contributed by atoms with Gasteiger partial charge in [0, 0.05) is 16.6 Å². The number of rotatable bonds is 2. The molecule has 0 fully saturated rings. The third-order valence-electron chi connectivity index (χ3n) is 2.19.